The van der Waals surface area contributed by atoms with E-state index in [1.165, 1.54) is 21.6 Å². The normalized spacial score (nSPS) is 22.1. The summed E-state index contributed by atoms with van der Waals surface area (Å²) in [6, 6.07) is 14.6. The van der Waals surface area contributed by atoms with Crippen LogP contribution in [0.1, 0.15) is 109 Å². The predicted molar refractivity (Wildman–Crippen MR) is 323 cm³/mol. The number of nitrogens with one attached hydrogen (secondary N) is 7. The van der Waals surface area contributed by atoms with E-state index >= 15 is 0 Å². The molecule has 0 saturated carbocycles. The summed E-state index contributed by atoms with van der Waals surface area (Å²) in [4.78, 5) is 168. The number of nitrogens with zero attached hydrogens (tertiary/aromatic N) is 3. The first-order valence-electron chi connectivity index (χ1n) is 30.4. The van der Waals surface area contributed by atoms with Crippen molar-refractivity contribution >= 4 is 70.9 Å². The van der Waals surface area contributed by atoms with Crippen LogP contribution in [0.2, 0.25) is 0 Å². The summed E-state index contributed by atoms with van der Waals surface area (Å²) in [5.41, 5.74) is 14.6. The lowest BCUT2D eigenvalue weighted by Crippen LogP contribution is -2.62. The van der Waals surface area contributed by atoms with E-state index < -0.39 is 168 Å². The highest BCUT2D eigenvalue weighted by Gasteiger charge is 2.50. The van der Waals surface area contributed by atoms with Gasteiger partial charge in [0.1, 0.15) is 54.4 Å². The molecular formula is C63H84N12O14. The second-order valence-electron chi connectivity index (χ2n) is 24.2. The van der Waals surface area contributed by atoms with Crippen LogP contribution in [-0.4, -0.2) is 188 Å². The lowest BCUT2D eigenvalue weighted by Gasteiger charge is -2.40. The zero-order valence-corrected chi connectivity index (χ0v) is 50.8. The Kier molecular flexibility index (Phi) is 23.5. The molecule has 3 aromatic rings. The van der Waals surface area contributed by atoms with Crippen LogP contribution in [0.3, 0.4) is 0 Å². The minimum atomic E-state index is -1.87. The molecule has 13 atom stereocenters. The fraction of sp³-hybridized carbons (Fsp3) is 0.524. The van der Waals surface area contributed by atoms with Gasteiger partial charge < -0.3 is 73.6 Å². The van der Waals surface area contributed by atoms with Crippen molar-refractivity contribution < 1.29 is 67.7 Å². The zero-order valence-electron chi connectivity index (χ0n) is 50.8. The molecule has 26 heteroatoms. The maximum Gasteiger partial charge on any atom is 0.305 e. The first-order valence-corrected chi connectivity index (χ1v) is 30.4. The van der Waals surface area contributed by atoms with E-state index in [4.69, 9.17) is 11.5 Å². The Morgan fingerprint density at radius 3 is 1.71 bits per heavy atom. The number of carbonyl (C=O) groups is 12. The molecule has 0 aliphatic carbocycles. The molecular weight excluding hydrogens is 1150 g/mol. The summed E-state index contributed by atoms with van der Waals surface area (Å²) < 4.78 is 0. The van der Waals surface area contributed by atoms with Gasteiger partial charge in [-0.3, -0.25) is 57.5 Å². The molecule has 0 aromatic heterocycles. The standard InChI is InChI=1S/C63H84N12O14/c1-34(2)51(70-57(83)44(32-50(78)79)68-61(87)53(36(5)76)72-59(85)47-24-16-26-74(47)63(89)52(35(3)4)71-55(81)42(64)27-37-17-9-6-10-18-37)60(86)66-33-49(77)73-25-15-23-46(73)58(84)67-43(28-38-19-11-7-12-20-38)56(82)69-45-31-41-29-40(39-21-13-8-14-22-39)30-48(54(65)80)75(41)62(45)88/h6-14,17-22,34-36,40-48,51-53,76H,15-16,23-33,64H2,1-5H3,(H2,65,80)(H,66,86)(H,67,84)(H,68,87)(H,69,82)(H,70,83)(H,71,81)(H,72,85)(H,78,79)/t36-,40-,41-,42+,43+,44+,45+,46-,47+,48+,51+,52+,53+/m1/s1. The SMILES string of the molecule is CC(C)[C@H](NC(=O)[C@H](CC(=O)O)NC(=O)[C@@H](NC(=O)[C@@H]1CCCN1C(=O)[C@@H](NC(=O)[C@@H](N)Cc1ccccc1)C(C)C)[C@@H](C)O)C(=O)NCC(=O)N1CCC[C@@H]1C(=O)N[C@@H](Cc1ccccc1)C(=O)N[C@H]1C[C@H]2C[C@@H](c3ccccc3)C[C@@H](C(N)=O)N2C1=O. The Labute approximate surface area is 516 Å². The van der Waals surface area contributed by atoms with Gasteiger partial charge >= 0.3 is 5.97 Å². The van der Waals surface area contributed by atoms with E-state index in [2.05, 4.69) is 37.2 Å². The van der Waals surface area contributed by atoms with Gasteiger partial charge in [0.05, 0.1) is 25.1 Å². The van der Waals surface area contributed by atoms with E-state index in [-0.39, 0.29) is 51.1 Å². The smallest absolute Gasteiger partial charge is 0.305 e. The van der Waals surface area contributed by atoms with Crippen LogP contribution in [0.4, 0.5) is 0 Å². The van der Waals surface area contributed by atoms with Crippen molar-refractivity contribution in [1.82, 2.24) is 51.9 Å². The van der Waals surface area contributed by atoms with Gasteiger partial charge in [-0.05, 0) is 92.7 Å². The average molecular weight is 1230 g/mol. The number of aliphatic hydroxyl groups excluding tert-OH is 1. The summed E-state index contributed by atoms with van der Waals surface area (Å²) in [7, 11) is 0. The number of rotatable bonds is 27. The lowest BCUT2D eigenvalue weighted by atomic mass is 9.81. The molecule has 89 heavy (non-hydrogen) atoms. The summed E-state index contributed by atoms with van der Waals surface area (Å²) in [6.45, 7) is 7.29. The van der Waals surface area contributed by atoms with Crippen molar-refractivity contribution in [3.8, 4) is 0 Å². The number of carboxylic acid groups (broad SMARTS) is 1. The van der Waals surface area contributed by atoms with Crippen molar-refractivity contribution in [2.75, 3.05) is 19.6 Å². The van der Waals surface area contributed by atoms with Gasteiger partial charge in [-0.15, -0.1) is 0 Å². The third-order valence-corrected chi connectivity index (χ3v) is 17.0. The van der Waals surface area contributed by atoms with Gasteiger partial charge in [-0.1, -0.05) is 119 Å². The first kappa shape index (κ1) is 67.7. The lowest BCUT2D eigenvalue weighted by molar-refractivity contribution is -0.144. The quantitative estimate of drug-likeness (QED) is 0.0437. The third-order valence-electron chi connectivity index (χ3n) is 17.0. The van der Waals surface area contributed by atoms with Crippen molar-refractivity contribution in [3.05, 3.63) is 108 Å². The van der Waals surface area contributed by atoms with Crippen LogP contribution >= 0.6 is 0 Å². The number of benzene rings is 3. The minimum absolute atomic E-state index is 0.0131. The fourth-order valence-corrected chi connectivity index (χ4v) is 12.3. The van der Waals surface area contributed by atoms with E-state index in [1.807, 2.05) is 60.7 Å². The van der Waals surface area contributed by atoms with Crippen molar-refractivity contribution in [2.24, 2.45) is 23.3 Å². The number of hydrogen-bond acceptors (Lipinski definition) is 14. The highest BCUT2D eigenvalue weighted by atomic mass is 16.4. The molecule has 4 heterocycles. The molecule has 13 N–H and O–H groups in total. The molecule has 11 amide bonds. The Morgan fingerprint density at radius 2 is 1.13 bits per heavy atom. The van der Waals surface area contributed by atoms with Gasteiger partial charge in [0.25, 0.3) is 0 Å². The second kappa shape index (κ2) is 30.9. The van der Waals surface area contributed by atoms with Crippen LogP contribution in [0.25, 0.3) is 0 Å². The molecule has 26 nitrogen and oxygen atoms in total. The van der Waals surface area contributed by atoms with E-state index in [0.29, 0.717) is 31.2 Å². The van der Waals surface area contributed by atoms with E-state index in [9.17, 15) is 67.7 Å². The number of carboxylic acids is 1. The van der Waals surface area contributed by atoms with Gasteiger partial charge in [0.2, 0.25) is 65.0 Å². The number of carbonyl (C=O) groups excluding carboxylic acids is 11. The minimum Gasteiger partial charge on any atom is -0.481 e. The summed E-state index contributed by atoms with van der Waals surface area (Å²) in [5.74, 6) is -11.0. The monoisotopic (exact) mass is 1230 g/mol. The molecule has 4 aliphatic heterocycles. The summed E-state index contributed by atoms with van der Waals surface area (Å²) in [5, 5.41) is 38.7. The Hall–Kier alpha value is -8.78. The van der Waals surface area contributed by atoms with Gasteiger partial charge in [0.15, 0.2) is 0 Å². The third kappa shape index (κ3) is 17.5. The molecule has 3 aromatic carbocycles. The van der Waals surface area contributed by atoms with Crippen LogP contribution in [-0.2, 0) is 70.4 Å². The Bertz CT molecular complexity index is 3060. The van der Waals surface area contributed by atoms with Crippen molar-refractivity contribution in [1.29, 1.82) is 0 Å². The number of likely N-dealkylation sites (tertiary alicyclic amines) is 2. The van der Waals surface area contributed by atoms with Crippen LogP contribution in [0, 0.1) is 11.8 Å². The molecule has 0 unspecified atom stereocenters. The average Bonchev–Trinajstić information content (AvgIpc) is 1.79. The fourth-order valence-electron chi connectivity index (χ4n) is 12.3. The Balaban J connectivity index is 0.944. The highest BCUT2D eigenvalue weighted by Crippen LogP contribution is 2.40. The summed E-state index contributed by atoms with van der Waals surface area (Å²) in [6.07, 6.45) is -0.222. The molecule has 4 fully saturated rings. The predicted octanol–water partition coefficient (Wildman–Crippen LogP) is -0.994. The number of fused-ring (bicyclic) bond motifs is 1. The molecule has 0 bridgehead atoms. The number of hydrogen-bond donors (Lipinski definition) is 11. The topological polar surface area (TPSA) is 391 Å². The molecule has 0 spiro atoms. The molecule has 4 saturated heterocycles. The highest BCUT2D eigenvalue weighted by molar-refractivity contribution is 6.00. The number of amides is 11. The number of aliphatic carboxylic acids is 1. The maximum absolute atomic E-state index is 14.3. The molecule has 0 radical (unpaired) electrons. The van der Waals surface area contributed by atoms with Crippen LogP contribution in [0.15, 0.2) is 91.0 Å². The number of aliphatic hydroxyl groups is 1. The van der Waals surface area contributed by atoms with E-state index in [0.717, 1.165) is 11.1 Å². The first-order chi connectivity index (χ1) is 42.3. The molecule has 4 aliphatic rings. The second-order valence-corrected chi connectivity index (χ2v) is 24.2. The largest absolute Gasteiger partial charge is 0.481 e. The van der Waals surface area contributed by atoms with Crippen LogP contribution in [0.5, 0.6) is 0 Å². The molecule has 480 valence electrons. The van der Waals surface area contributed by atoms with Crippen molar-refractivity contribution in [2.45, 2.75) is 177 Å². The van der Waals surface area contributed by atoms with E-state index in [1.54, 1.807) is 58.0 Å². The maximum atomic E-state index is 14.3. The van der Waals surface area contributed by atoms with Gasteiger partial charge in [0, 0.05) is 25.6 Å². The van der Waals surface area contributed by atoms with Crippen LogP contribution < -0.4 is 48.7 Å². The Morgan fingerprint density at radius 1 is 0.584 bits per heavy atom. The molecule has 7 rings (SSSR count). The summed E-state index contributed by atoms with van der Waals surface area (Å²) >= 11 is 0. The zero-order chi connectivity index (χ0) is 64.8. The van der Waals surface area contributed by atoms with Gasteiger partial charge in [-0.25, -0.2) is 0 Å². The van der Waals surface area contributed by atoms with Crippen molar-refractivity contribution in [3.63, 3.8) is 0 Å². The number of piperidine rings is 1. The van der Waals surface area contributed by atoms with Gasteiger partial charge in [-0.2, -0.15) is 0 Å². The number of nitrogens with two attached hydrogens (primary N) is 2. The number of primary amides is 1.